The second kappa shape index (κ2) is 6.73. The standard InChI is InChI=1S/C30H22N2/c1-5-16-27-23(12-1)24-13-2-6-17-28(24)31(27)21-10-9-11-22(20-21)32-29-18-7-3-14-25(29)26-15-4-8-19-30(26)32/h1-10,12-20,22H,11H2. The maximum Gasteiger partial charge on any atom is 0.0580 e. The van der Waals surface area contributed by atoms with Gasteiger partial charge in [0.2, 0.25) is 0 Å². The van der Waals surface area contributed by atoms with E-state index in [9.17, 15) is 0 Å². The summed E-state index contributed by atoms with van der Waals surface area (Å²) >= 11 is 0. The highest BCUT2D eigenvalue weighted by Gasteiger charge is 2.20. The molecule has 0 aliphatic heterocycles. The molecule has 32 heavy (non-hydrogen) atoms. The van der Waals surface area contributed by atoms with Gasteiger partial charge < -0.3 is 9.13 Å². The molecule has 0 radical (unpaired) electrons. The van der Waals surface area contributed by atoms with Crippen molar-refractivity contribution in [3.63, 3.8) is 0 Å². The van der Waals surface area contributed by atoms with Crippen LogP contribution in [0.2, 0.25) is 0 Å². The first kappa shape index (κ1) is 17.6. The summed E-state index contributed by atoms with van der Waals surface area (Å²) in [6, 6.07) is 35.3. The van der Waals surface area contributed by atoms with E-state index in [4.69, 9.17) is 0 Å². The molecule has 2 nitrogen and oxygen atoms in total. The monoisotopic (exact) mass is 410 g/mol. The minimum Gasteiger partial charge on any atom is -0.333 e. The summed E-state index contributed by atoms with van der Waals surface area (Å²) in [6.07, 6.45) is 8.04. The van der Waals surface area contributed by atoms with Crippen LogP contribution in [0.3, 0.4) is 0 Å². The van der Waals surface area contributed by atoms with Crippen LogP contribution in [0.4, 0.5) is 0 Å². The van der Waals surface area contributed by atoms with E-state index in [1.165, 1.54) is 49.3 Å². The van der Waals surface area contributed by atoms with Gasteiger partial charge in [-0.1, -0.05) is 78.9 Å². The molecule has 1 unspecified atom stereocenters. The van der Waals surface area contributed by atoms with Gasteiger partial charge in [-0.2, -0.15) is 0 Å². The van der Waals surface area contributed by atoms with Crippen molar-refractivity contribution >= 4 is 49.3 Å². The lowest BCUT2D eigenvalue weighted by molar-refractivity contribution is 0.647. The Hall–Kier alpha value is -4.04. The number of aromatic nitrogens is 2. The molecular weight excluding hydrogens is 388 g/mol. The molecule has 2 aromatic heterocycles. The van der Waals surface area contributed by atoms with Crippen molar-refractivity contribution in [3.8, 4) is 0 Å². The molecule has 1 aliphatic carbocycles. The van der Waals surface area contributed by atoms with Crippen LogP contribution in [-0.2, 0) is 0 Å². The predicted molar refractivity (Wildman–Crippen MR) is 136 cm³/mol. The van der Waals surface area contributed by atoms with Gasteiger partial charge in [-0.25, -0.2) is 0 Å². The third-order valence-corrected chi connectivity index (χ3v) is 6.82. The van der Waals surface area contributed by atoms with Crippen LogP contribution >= 0.6 is 0 Å². The zero-order valence-electron chi connectivity index (χ0n) is 17.6. The number of hydrogen-bond donors (Lipinski definition) is 0. The van der Waals surface area contributed by atoms with E-state index in [2.05, 4.69) is 124 Å². The van der Waals surface area contributed by atoms with Gasteiger partial charge in [0.05, 0.1) is 17.1 Å². The number of rotatable bonds is 2. The van der Waals surface area contributed by atoms with E-state index in [-0.39, 0.29) is 6.04 Å². The Morgan fingerprint density at radius 2 is 0.969 bits per heavy atom. The molecule has 4 aromatic carbocycles. The lowest BCUT2D eigenvalue weighted by Crippen LogP contribution is -2.10. The lowest BCUT2D eigenvalue weighted by Gasteiger charge is -2.22. The second-order valence-corrected chi connectivity index (χ2v) is 8.57. The van der Waals surface area contributed by atoms with E-state index in [0.717, 1.165) is 6.42 Å². The lowest BCUT2D eigenvalue weighted by atomic mass is 10.1. The molecular formula is C30H22N2. The minimum atomic E-state index is 0.264. The van der Waals surface area contributed by atoms with E-state index >= 15 is 0 Å². The summed E-state index contributed by atoms with van der Waals surface area (Å²) < 4.78 is 4.93. The molecule has 152 valence electrons. The van der Waals surface area contributed by atoms with Crippen molar-refractivity contribution in [1.82, 2.24) is 9.13 Å². The summed E-state index contributed by atoms with van der Waals surface area (Å²) in [4.78, 5) is 0. The van der Waals surface area contributed by atoms with Crippen LogP contribution in [0.25, 0.3) is 49.3 Å². The highest BCUT2D eigenvalue weighted by Crippen LogP contribution is 2.38. The highest BCUT2D eigenvalue weighted by molar-refractivity contribution is 6.11. The molecule has 0 amide bonds. The fourth-order valence-electron chi connectivity index (χ4n) is 5.49. The zero-order chi connectivity index (χ0) is 21.1. The quantitative estimate of drug-likeness (QED) is 0.274. The maximum atomic E-state index is 2.52. The molecule has 0 spiro atoms. The average Bonchev–Trinajstić information content (AvgIpc) is 3.37. The molecule has 6 aromatic rings. The first-order valence-corrected chi connectivity index (χ1v) is 11.2. The molecule has 0 saturated carbocycles. The van der Waals surface area contributed by atoms with Gasteiger partial charge in [0, 0.05) is 38.3 Å². The van der Waals surface area contributed by atoms with E-state index in [0.29, 0.717) is 0 Å². The fourth-order valence-corrected chi connectivity index (χ4v) is 5.49. The van der Waals surface area contributed by atoms with Crippen LogP contribution < -0.4 is 0 Å². The predicted octanol–water partition coefficient (Wildman–Crippen LogP) is 7.94. The Morgan fingerprint density at radius 3 is 1.50 bits per heavy atom. The minimum absolute atomic E-state index is 0.264. The second-order valence-electron chi connectivity index (χ2n) is 8.57. The SMILES string of the molecule is C1=CC(n2c3ccccc3c3ccccc32)=CC(n2c3ccccc3c3ccccc32)C1. The molecule has 0 saturated heterocycles. The van der Waals surface area contributed by atoms with E-state index in [1.54, 1.807) is 0 Å². The summed E-state index contributed by atoms with van der Waals surface area (Å²) in [5.74, 6) is 0. The largest absolute Gasteiger partial charge is 0.333 e. The summed E-state index contributed by atoms with van der Waals surface area (Å²) in [6.45, 7) is 0. The maximum absolute atomic E-state index is 2.52. The van der Waals surface area contributed by atoms with Crippen LogP contribution in [0.15, 0.2) is 115 Å². The number of benzene rings is 4. The Labute approximate surface area is 186 Å². The third kappa shape index (κ3) is 2.41. The van der Waals surface area contributed by atoms with Crippen molar-refractivity contribution in [2.45, 2.75) is 12.5 Å². The van der Waals surface area contributed by atoms with Gasteiger partial charge >= 0.3 is 0 Å². The van der Waals surface area contributed by atoms with Gasteiger partial charge in [0.25, 0.3) is 0 Å². The van der Waals surface area contributed by atoms with Crippen LogP contribution in [0.1, 0.15) is 12.5 Å². The topological polar surface area (TPSA) is 9.86 Å². The fraction of sp³-hybridized carbons (Fsp3) is 0.0667. The first-order chi connectivity index (χ1) is 15.9. The van der Waals surface area contributed by atoms with Gasteiger partial charge in [0.15, 0.2) is 0 Å². The molecule has 2 heteroatoms. The number of para-hydroxylation sites is 4. The van der Waals surface area contributed by atoms with Crippen LogP contribution in [0.5, 0.6) is 0 Å². The normalized spacial score (nSPS) is 16.4. The first-order valence-electron chi connectivity index (χ1n) is 11.2. The Balaban J connectivity index is 1.50. The molecule has 1 aliphatic rings. The molecule has 0 bridgehead atoms. The molecule has 2 heterocycles. The van der Waals surface area contributed by atoms with Gasteiger partial charge in [-0.15, -0.1) is 0 Å². The highest BCUT2D eigenvalue weighted by atomic mass is 15.0. The molecule has 7 rings (SSSR count). The van der Waals surface area contributed by atoms with Crippen LogP contribution in [-0.4, -0.2) is 9.13 Å². The Kier molecular flexibility index (Phi) is 3.71. The summed E-state index contributed by atoms with van der Waals surface area (Å²) in [5.41, 5.74) is 6.35. The van der Waals surface area contributed by atoms with E-state index in [1.807, 2.05) is 0 Å². The number of nitrogens with zero attached hydrogens (tertiary/aromatic N) is 2. The average molecular weight is 411 g/mol. The molecule has 0 fully saturated rings. The number of allylic oxidation sites excluding steroid dienone is 4. The molecule has 0 N–H and O–H groups in total. The van der Waals surface area contributed by atoms with E-state index < -0.39 is 0 Å². The van der Waals surface area contributed by atoms with Crippen molar-refractivity contribution in [1.29, 1.82) is 0 Å². The van der Waals surface area contributed by atoms with Gasteiger partial charge in [0.1, 0.15) is 0 Å². The zero-order valence-corrected chi connectivity index (χ0v) is 17.6. The summed E-state index contributed by atoms with van der Waals surface area (Å²) in [7, 11) is 0. The van der Waals surface area contributed by atoms with Gasteiger partial charge in [-0.05, 0) is 42.8 Å². The van der Waals surface area contributed by atoms with Crippen molar-refractivity contribution in [2.24, 2.45) is 0 Å². The molecule has 1 atom stereocenters. The van der Waals surface area contributed by atoms with Crippen molar-refractivity contribution in [2.75, 3.05) is 0 Å². The summed E-state index contributed by atoms with van der Waals surface area (Å²) in [5, 5.41) is 5.25. The number of fused-ring (bicyclic) bond motifs is 6. The Bertz CT molecular complexity index is 1600. The van der Waals surface area contributed by atoms with Gasteiger partial charge in [-0.3, -0.25) is 0 Å². The third-order valence-electron chi connectivity index (χ3n) is 6.82. The van der Waals surface area contributed by atoms with Crippen molar-refractivity contribution in [3.05, 3.63) is 115 Å². The van der Waals surface area contributed by atoms with Crippen LogP contribution in [0, 0.1) is 0 Å². The Morgan fingerprint density at radius 1 is 0.531 bits per heavy atom. The smallest absolute Gasteiger partial charge is 0.0580 e. The van der Waals surface area contributed by atoms with Crippen molar-refractivity contribution < 1.29 is 0 Å². The number of hydrogen-bond acceptors (Lipinski definition) is 0.